The Morgan fingerprint density at radius 2 is 1.53 bits per heavy atom. The first-order chi connectivity index (χ1) is 6.67. The lowest BCUT2D eigenvalue weighted by Gasteiger charge is -2.53. The lowest BCUT2D eigenvalue weighted by atomic mass is 9.75. The van der Waals surface area contributed by atoms with Crippen LogP contribution in [0.1, 0.15) is 32.6 Å². The van der Waals surface area contributed by atoms with Gasteiger partial charge in [-0.3, -0.25) is 0 Å². The summed E-state index contributed by atoms with van der Waals surface area (Å²) in [7, 11) is 0. The molecule has 88 valence electrons. The maximum atomic E-state index is 13.9. The Hall–Kier alpha value is -0.360. The highest BCUT2D eigenvalue weighted by molar-refractivity contribution is 5.05. The second-order valence-electron chi connectivity index (χ2n) is 4.92. The molecule has 2 heterocycles. The molecule has 2 unspecified atom stereocenters. The fraction of sp³-hybridized carbons (Fsp3) is 1.00. The molecule has 2 fully saturated rings. The van der Waals surface area contributed by atoms with Crippen LogP contribution in [-0.4, -0.2) is 33.7 Å². The number of nitrogens with zero attached hydrogens (tertiary/aromatic N) is 1. The minimum atomic E-state index is -2.63. The molecule has 0 saturated carbocycles. The Bertz CT molecular complexity index is 263. The molecule has 2 saturated heterocycles. The number of alkyl halides is 4. The van der Waals surface area contributed by atoms with Gasteiger partial charge < -0.3 is 5.21 Å². The van der Waals surface area contributed by atoms with Gasteiger partial charge in [0.2, 0.25) is 0 Å². The van der Waals surface area contributed by atoms with E-state index in [1.165, 1.54) is 0 Å². The third kappa shape index (κ3) is 1.63. The van der Waals surface area contributed by atoms with E-state index < -0.39 is 49.1 Å². The molecule has 2 nitrogen and oxygen atoms in total. The Balaban J connectivity index is 2.37. The van der Waals surface area contributed by atoms with Gasteiger partial charge in [0.05, 0.1) is 0 Å². The smallest absolute Gasteiger partial charge is 0.194 e. The van der Waals surface area contributed by atoms with Crippen molar-refractivity contribution in [2.45, 2.75) is 56.0 Å². The van der Waals surface area contributed by atoms with Crippen molar-refractivity contribution < 1.29 is 22.8 Å². The van der Waals surface area contributed by atoms with Crippen molar-refractivity contribution in [3.05, 3.63) is 0 Å². The van der Waals surface area contributed by atoms with Crippen LogP contribution < -0.4 is 0 Å². The average molecular weight is 227 g/mol. The third-order valence-corrected chi connectivity index (χ3v) is 3.11. The normalized spacial score (nSPS) is 56.8. The molecule has 2 aliphatic rings. The highest BCUT2D eigenvalue weighted by Crippen LogP contribution is 2.53. The molecule has 2 bridgehead atoms. The van der Waals surface area contributed by atoms with Crippen molar-refractivity contribution in [1.29, 1.82) is 0 Å². The van der Waals surface area contributed by atoms with Crippen LogP contribution in [-0.2, 0) is 0 Å². The second kappa shape index (κ2) is 2.85. The number of hydrogen-bond acceptors (Lipinski definition) is 2. The van der Waals surface area contributed by atoms with Gasteiger partial charge >= 0.3 is 0 Å². The fourth-order valence-electron chi connectivity index (χ4n) is 2.77. The van der Waals surface area contributed by atoms with E-state index in [0.717, 1.165) is 6.92 Å². The summed E-state index contributed by atoms with van der Waals surface area (Å²) in [6.07, 6.45) is -4.46. The molecule has 2 aliphatic heterocycles. The summed E-state index contributed by atoms with van der Waals surface area (Å²) in [6.45, 7) is 1.07. The largest absolute Gasteiger partial charge is 0.308 e. The third-order valence-electron chi connectivity index (χ3n) is 3.11. The summed E-state index contributed by atoms with van der Waals surface area (Å²) >= 11 is 0. The lowest BCUT2D eigenvalue weighted by molar-refractivity contribution is -0.380. The molecular weight excluding hydrogens is 214 g/mol. The van der Waals surface area contributed by atoms with Crippen LogP contribution in [0, 0.1) is 0 Å². The molecule has 0 aromatic rings. The van der Waals surface area contributed by atoms with Crippen LogP contribution in [0.3, 0.4) is 0 Å². The van der Waals surface area contributed by atoms with Crippen LogP contribution in [0.15, 0.2) is 0 Å². The molecule has 0 aliphatic carbocycles. The first-order valence-electron chi connectivity index (χ1n) is 4.87. The van der Waals surface area contributed by atoms with Crippen LogP contribution in [0.4, 0.5) is 17.6 Å². The van der Waals surface area contributed by atoms with Crippen molar-refractivity contribution in [3.63, 3.8) is 0 Å². The number of rotatable bonds is 0. The van der Waals surface area contributed by atoms with E-state index in [-0.39, 0.29) is 5.06 Å². The summed E-state index contributed by atoms with van der Waals surface area (Å²) in [5.41, 5.74) is -2.05. The van der Waals surface area contributed by atoms with Gasteiger partial charge in [-0.2, -0.15) is 0 Å². The van der Waals surface area contributed by atoms with Gasteiger partial charge in [-0.25, -0.2) is 17.6 Å². The van der Waals surface area contributed by atoms with Crippen LogP contribution in [0.5, 0.6) is 0 Å². The molecular formula is C9H13F4NO. The van der Waals surface area contributed by atoms with Crippen molar-refractivity contribution in [2.75, 3.05) is 0 Å². The minimum Gasteiger partial charge on any atom is -0.308 e. The number of piperidine rings is 2. The Morgan fingerprint density at radius 1 is 1.13 bits per heavy atom. The minimum absolute atomic E-state index is 0.128. The maximum Gasteiger partial charge on any atom is 0.194 e. The predicted octanol–water partition coefficient (Wildman–Crippen LogP) is 2.66. The molecule has 0 radical (unpaired) electrons. The summed E-state index contributed by atoms with van der Waals surface area (Å²) in [5, 5.41) is 9.18. The topological polar surface area (TPSA) is 23.5 Å². The molecule has 2 rings (SSSR count). The first kappa shape index (κ1) is 11.1. The summed E-state index contributed by atoms with van der Waals surface area (Å²) in [5.74, 6) is -5.26. The molecule has 6 heteroatoms. The predicted molar refractivity (Wildman–Crippen MR) is 44.2 cm³/mol. The molecule has 1 N–H and O–H groups in total. The van der Waals surface area contributed by atoms with Crippen molar-refractivity contribution in [3.8, 4) is 0 Å². The van der Waals surface area contributed by atoms with E-state index in [4.69, 9.17) is 0 Å². The monoisotopic (exact) mass is 227 g/mol. The van der Waals surface area contributed by atoms with E-state index in [1.807, 2.05) is 0 Å². The maximum absolute atomic E-state index is 13.9. The van der Waals surface area contributed by atoms with Gasteiger partial charge in [-0.05, 0) is 6.92 Å². The van der Waals surface area contributed by atoms with Gasteiger partial charge in [0.25, 0.3) is 0 Å². The zero-order chi connectivity index (χ0) is 11.5. The molecule has 15 heavy (non-hydrogen) atoms. The van der Waals surface area contributed by atoms with Crippen LogP contribution >= 0.6 is 0 Å². The van der Waals surface area contributed by atoms with Gasteiger partial charge in [0.1, 0.15) is 11.8 Å². The summed E-state index contributed by atoms with van der Waals surface area (Å²) in [6, 6.07) is 0. The molecule has 2 atom stereocenters. The quantitative estimate of drug-likeness (QED) is 0.508. The number of halogens is 4. The van der Waals surface area contributed by atoms with Crippen molar-refractivity contribution in [1.82, 2.24) is 5.06 Å². The van der Waals surface area contributed by atoms with E-state index in [1.54, 1.807) is 0 Å². The Labute approximate surface area is 84.8 Å². The highest BCUT2D eigenvalue weighted by atomic mass is 19.2. The lowest BCUT2D eigenvalue weighted by Crippen LogP contribution is -2.67. The zero-order valence-corrected chi connectivity index (χ0v) is 8.31. The van der Waals surface area contributed by atoms with E-state index in [2.05, 4.69) is 0 Å². The zero-order valence-electron chi connectivity index (χ0n) is 8.31. The first-order valence-corrected chi connectivity index (χ1v) is 4.87. The molecule has 0 amide bonds. The summed E-state index contributed by atoms with van der Waals surface area (Å²) < 4.78 is 54.6. The van der Waals surface area contributed by atoms with Gasteiger partial charge in [-0.1, -0.05) is 0 Å². The van der Waals surface area contributed by atoms with Crippen molar-refractivity contribution >= 4 is 0 Å². The van der Waals surface area contributed by atoms with E-state index in [0.29, 0.717) is 0 Å². The summed E-state index contributed by atoms with van der Waals surface area (Å²) in [4.78, 5) is 0. The number of fused-ring (bicyclic) bond motifs is 2. The highest BCUT2D eigenvalue weighted by Gasteiger charge is 2.64. The van der Waals surface area contributed by atoms with Crippen LogP contribution in [0.2, 0.25) is 0 Å². The Morgan fingerprint density at radius 3 is 1.93 bits per heavy atom. The fourth-order valence-corrected chi connectivity index (χ4v) is 2.77. The van der Waals surface area contributed by atoms with E-state index >= 15 is 0 Å². The average Bonchev–Trinajstić information content (AvgIpc) is 1.94. The van der Waals surface area contributed by atoms with Gasteiger partial charge in [-0.15, -0.1) is 5.06 Å². The van der Waals surface area contributed by atoms with Crippen molar-refractivity contribution in [2.24, 2.45) is 0 Å². The molecule has 0 aromatic heterocycles. The SMILES string of the molecule is CC1(F)CC2(F)CC(F)CC(F)(C1)N2O. The van der Waals surface area contributed by atoms with Gasteiger partial charge in [0, 0.05) is 25.7 Å². The number of hydroxylamine groups is 2. The van der Waals surface area contributed by atoms with Crippen LogP contribution in [0.25, 0.3) is 0 Å². The molecule has 0 aromatic carbocycles. The molecule has 0 spiro atoms. The van der Waals surface area contributed by atoms with Gasteiger partial charge in [0.15, 0.2) is 11.6 Å². The Kier molecular flexibility index (Phi) is 2.12. The standard InChI is InChI=1S/C9H13F4NO/c1-7(11)4-8(12)2-6(10)3-9(13,5-7)14(8)15/h6,15H,2-5H2,1H3. The second-order valence-corrected chi connectivity index (χ2v) is 4.92. The number of hydrogen-bond donors (Lipinski definition) is 1. The van der Waals surface area contributed by atoms with E-state index in [9.17, 15) is 22.8 Å².